The van der Waals surface area contributed by atoms with E-state index < -0.39 is 18.8 Å². The average Bonchev–Trinajstić information content (AvgIpc) is 3.36. The lowest BCUT2D eigenvalue weighted by molar-refractivity contribution is 0.415. The molecule has 193 valence electrons. The zero-order chi connectivity index (χ0) is 26.5. The van der Waals surface area contributed by atoms with Crippen LogP contribution in [0, 0.1) is 12.8 Å². The first-order valence-corrected chi connectivity index (χ1v) is 16.0. The first-order chi connectivity index (χ1) is 18.4. The molecule has 1 aliphatic heterocycles. The average molecular weight is 539 g/mol. The summed E-state index contributed by atoms with van der Waals surface area (Å²) in [6.45, 7) is 2.84. The van der Waals surface area contributed by atoms with Crippen LogP contribution in [0.25, 0.3) is 6.08 Å². The second-order valence-electron chi connectivity index (χ2n) is 9.71. The number of sulfonamides is 1. The van der Waals surface area contributed by atoms with Crippen molar-refractivity contribution in [3.8, 4) is 5.75 Å². The lowest BCUT2D eigenvalue weighted by Crippen LogP contribution is -2.43. The fourth-order valence-electron chi connectivity index (χ4n) is 5.00. The zero-order valence-corrected chi connectivity index (χ0v) is 23.6. The Bertz CT molecular complexity index is 1450. The summed E-state index contributed by atoms with van der Waals surface area (Å²) in [5, 5.41) is 2.68. The normalized spacial score (nSPS) is 17.2. The van der Waals surface area contributed by atoms with Crippen LogP contribution in [0.3, 0.4) is 0 Å². The molecule has 1 saturated heterocycles. The summed E-state index contributed by atoms with van der Waals surface area (Å²) in [5.74, 6) is 0.920. The van der Waals surface area contributed by atoms with Crippen LogP contribution in [-0.2, 0) is 10.0 Å². The zero-order valence-electron chi connectivity index (χ0n) is 21.7. The Hall–Kier alpha value is -3.45. The minimum Gasteiger partial charge on any atom is -0.497 e. The number of methoxy groups -OCH3 is 1. The van der Waals surface area contributed by atoms with E-state index in [0.29, 0.717) is 18.0 Å². The van der Waals surface area contributed by atoms with E-state index in [1.165, 1.54) is 10.4 Å². The monoisotopic (exact) mass is 538 g/mol. The summed E-state index contributed by atoms with van der Waals surface area (Å²) in [6.07, 6.45) is 2.17. The number of ether oxygens (including phenoxy) is 1. The molecule has 4 aromatic rings. The van der Waals surface area contributed by atoms with Gasteiger partial charge in [-0.1, -0.05) is 113 Å². The van der Waals surface area contributed by atoms with Gasteiger partial charge in [-0.3, -0.25) is 0 Å². The first kappa shape index (κ1) is 26.2. The Morgan fingerprint density at radius 2 is 1.42 bits per heavy atom. The van der Waals surface area contributed by atoms with Crippen molar-refractivity contribution < 1.29 is 13.2 Å². The molecular formula is C32H32NO3SSi. The first-order valence-electron chi connectivity index (χ1n) is 12.8. The van der Waals surface area contributed by atoms with Crippen molar-refractivity contribution in [3.63, 3.8) is 0 Å². The van der Waals surface area contributed by atoms with Crippen LogP contribution in [0.5, 0.6) is 5.75 Å². The van der Waals surface area contributed by atoms with Crippen LogP contribution >= 0.6 is 0 Å². The Labute approximate surface area is 227 Å². The fourth-order valence-corrected chi connectivity index (χ4v) is 9.36. The quantitative estimate of drug-likeness (QED) is 0.296. The highest BCUT2D eigenvalue weighted by atomic mass is 32.2. The van der Waals surface area contributed by atoms with Crippen molar-refractivity contribution in [1.29, 1.82) is 0 Å². The molecule has 0 aromatic heterocycles. The third-order valence-electron chi connectivity index (χ3n) is 7.13. The number of rotatable bonds is 8. The molecule has 1 heterocycles. The van der Waals surface area contributed by atoms with Gasteiger partial charge in [0.1, 0.15) is 14.5 Å². The summed E-state index contributed by atoms with van der Waals surface area (Å²) in [5.41, 5.74) is 3.25. The standard InChI is InChI=1S/C32H32NO3SSi/c1-25-13-19-30(20-14-25)37(34,35)33-22-27(21-26-15-17-29(36-2)18-16-26)28(23-33)24-38(31-9-5-3-6-10-31)32-11-7-4-8-12-32/h3-21,28H,22-24H2,1-2H3/b27-21+. The van der Waals surface area contributed by atoms with Crippen molar-refractivity contribution in [1.82, 2.24) is 4.31 Å². The second-order valence-corrected chi connectivity index (χ2v) is 14.2. The van der Waals surface area contributed by atoms with E-state index in [2.05, 4.69) is 66.7 Å². The molecule has 4 aromatic carbocycles. The SMILES string of the molecule is COc1ccc(/C=C2\CN(S(=O)(=O)c3ccc(C)cc3)CC2C[Si](c2ccccc2)c2ccccc2)cc1. The van der Waals surface area contributed by atoms with Gasteiger partial charge in [-0.25, -0.2) is 8.42 Å². The smallest absolute Gasteiger partial charge is 0.243 e. The van der Waals surface area contributed by atoms with Crippen LogP contribution < -0.4 is 15.1 Å². The summed E-state index contributed by atoms with van der Waals surface area (Å²) >= 11 is 0. The summed E-state index contributed by atoms with van der Waals surface area (Å²) in [7, 11) is -3.08. The van der Waals surface area contributed by atoms with E-state index in [0.717, 1.165) is 28.5 Å². The Kier molecular flexibility index (Phi) is 7.93. The van der Waals surface area contributed by atoms with Gasteiger partial charge >= 0.3 is 0 Å². The lowest BCUT2D eigenvalue weighted by atomic mass is 10.0. The van der Waals surface area contributed by atoms with Gasteiger partial charge in [0, 0.05) is 13.1 Å². The number of hydrogen-bond acceptors (Lipinski definition) is 3. The molecule has 0 amide bonds. The molecule has 1 radical (unpaired) electrons. The molecule has 0 N–H and O–H groups in total. The highest BCUT2D eigenvalue weighted by Gasteiger charge is 2.37. The Morgan fingerprint density at radius 1 is 0.842 bits per heavy atom. The summed E-state index contributed by atoms with van der Waals surface area (Å²) in [4.78, 5) is 0.351. The molecule has 0 aliphatic carbocycles. The van der Waals surface area contributed by atoms with E-state index in [1.807, 2.05) is 43.3 Å². The van der Waals surface area contributed by atoms with Gasteiger partial charge in [0.2, 0.25) is 10.0 Å². The molecular weight excluding hydrogens is 507 g/mol. The molecule has 0 saturated carbocycles. The summed E-state index contributed by atoms with van der Waals surface area (Å²) in [6, 6.07) is 37.4. The number of benzene rings is 4. The van der Waals surface area contributed by atoms with E-state index in [4.69, 9.17) is 4.74 Å². The van der Waals surface area contributed by atoms with E-state index in [9.17, 15) is 8.42 Å². The maximum Gasteiger partial charge on any atom is 0.243 e. The predicted molar refractivity (Wildman–Crippen MR) is 157 cm³/mol. The fraction of sp³-hybridized carbons (Fsp3) is 0.188. The lowest BCUT2D eigenvalue weighted by Gasteiger charge is -2.21. The van der Waals surface area contributed by atoms with Gasteiger partial charge in [0.05, 0.1) is 12.0 Å². The molecule has 38 heavy (non-hydrogen) atoms. The van der Waals surface area contributed by atoms with Crippen molar-refractivity contribution in [2.24, 2.45) is 5.92 Å². The maximum atomic E-state index is 13.7. The number of nitrogens with zero attached hydrogens (tertiary/aromatic N) is 1. The summed E-state index contributed by atoms with van der Waals surface area (Å²) < 4.78 is 34.4. The Balaban J connectivity index is 1.52. The largest absolute Gasteiger partial charge is 0.497 e. The van der Waals surface area contributed by atoms with Crippen LogP contribution in [0.4, 0.5) is 0 Å². The molecule has 1 aliphatic rings. The highest BCUT2D eigenvalue weighted by molar-refractivity contribution is 7.89. The van der Waals surface area contributed by atoms with Crippen LogP contribution in [-0.4, -0.2) is 41.7 Å². The van der Waals surface area contributed by atoms with Crippen molar-refractivity contribution in [2.75, 3.05) is 20.2 Å². The van der Waals surface area contributed by atoms with Gasteiger partial charge in [0.15, 0.2) is 0 Å². The molecule has 1 atom stereocenters. The van der Waals surface area contributed by atoms with Crippen LogP contribution in [0.1, 0.15) is 11.1 Å². The molecule has 1 fully saturated rings. The maximum absolute atomic E-state index is 13.7. The third-order valence-corrected chi connectivity index (χ3v) is 11.9. The minimum absolute atomic E-state index is 0.117. The molecule has 0 bridgehead atoms. The third kappa shape index (κ3) is 5.83. The van der Waals surface area contributed by atoms with Crippen LogP contribution in [0.15, 0.2) is 120 Å². The molecule has 6 heteroatoms. The van der Waals surface area contributed by atoms with Gasteiger partial charge in [-0.2, -0.15) is 4.31 Å². The van der Waals surface area contributed by atoms with Crippen molar-refractivity contribution >= 4 is 35.3 Å². The van der Waals surface area contributed by atoms with Gasteiger partial charge in [0.25, 0.3) is 0 Å². The van der Waals surface area contributed by atoms with E-state index in [1.54, 1.807) is 23.5 Å². The van der Waals surface area contributed by atoms with E-state index >= 15 is 0 Å². The topological polar surface area (TPSA) is 46.6 Å². The van der Waals surface area contributed by atoms with Gasteiger partial charge in [-0.15, -0.1) is 0 Å². The van der Waals surface area contributed by atoms with E-state index in [-0.39, 0.29) is 5.92 Å². The molecule has 5 rings (SSSR count). The van der Waals surface area contributed by atoms with Crippen molar-refractivity contribution in [3.05, 3.63) is 126 Å². The number of hydrogen-bond donors (Lipinski definition) is 0. The molecule has 4 nitrogen and oxygen atoms in total. The highest BCUT2D eigenvalue weighted by Crippen LogP contribution is 2.33. The minimum atomic E-state index is -3.61. The van der Waals surface area contributed by atoms with Gasteiger partial charge in [-0.05, 0) is 48.7 Å². The predicted octanol–water partition coefficient (Wildman–Crippen LogP) is 5.02. The molecule has 1 unspecified atom stereocenters. The van der Waals surface area contributed by atoms with Crippen LogP contribution in [0.2, 0.25) is 6.04 Å². The second kappa shape index (κ2) is 11.5. The van der Waals surface area contributed by atoms with Crippen molar-refractivity contribution in [2.45, 2.75) is 17.9 Å². The molecule has 0 spiro atoms. The van der Waals surface area contributed by atoms with Gasteiger partial charge < -0.3 is 4.74 Å². The number of aryl methyl sites for hydroxylation is 1. The Morgan fingerprint density at radius 3 is 1.97 bits per heavy atom.